The Morgan fingerprint density at radius 1 is 0.373 bits per heavy atom. The Kier molecular flexibility index (Phi) is 6.15. The van der Waals surface area contributed by atoms with E-state index < -0.39 is 0 Å². The summed E-state index contributed by atoms with van der Waals surface area (Å²) in [5, 5.41) is 2.57. The Morgan fingerprint density at radius 2 is 1.04 bits per heavy atom. The zero-order valence-electron chi connectivity index (χ0n) is 28.1. The van der Waals surface area contributed by atoms with E-state index in [0.717, 1.165) is 6.42 Å². The summed E-state index contributed by atoms with van der Waals surface area (Å²) in [5.41, 5.74) is 20.9. The minimum atomic E-state index is 0.253. The fourth-order valence-corrected chi connectivity index (χ4v) is 8.95. The third-order valence-electron chi connectivity index (χ3n) is 11.3. The second kappa shape index (κ2) is 11.0. The highest BCUT2D eigenvalue weighted by molar-refractivity contribution is 6.12. The highest BCUT2D eigenvalue weighted by Gasteiger charge is 2.30. The molecule has 1 aromatic heterocycles. The normalized spacial score (nSPS) is 14.0. The molecule has 11 rings (SSSR count). The molecular weight excluding hydrogens is 615 g/mol. The maximum absolute atomic E-state index is 2.48. The van der Waals surface area contributed by atoms with Crippen LogP contribution in [0.2, 0.25) is 0 Å². The molecule has 1 unspecified atom stereocenters. The van der Waals surface area contributed by atoms with E-state index in [0.29, 0.717) is 0 Å². The van der Waals surface area contributed by atoms with Crippen molar-refractivity contribution < 1.29 is 0 Å². The summed E-state index contributed by atoms with van der Waals surface area (Å²) in [5.74, 6) is 0.253. The number of aromatic nitrogens is 1. The molecule has 0 spiro atoms. The summed E-state index contributed by atoms with van der Waals surface area (Å²) in [6, 6.07) is 67.6. The summed E-state index contributed by atoms with van der Waals surface area (Å²) >= 11 is 0. The van der Waals surface area contributed by atoms with Gasteiger partial charge in [0.05, 0.1) is 11.0 Å². The van der Waals surface area contributed by atoms with Crippen molar-refractivity contribution in [2.24, 2.45) is 0 Å². The van der Waals surface area contributed by atoms with Crippen molar-refractivity contribution in [1.29, 1.82) is 0 Å². The van der Waals surface area contributed by atoms with Crippen LogP contribution < -0.4 is 0 Å². The van der Waals surface area contributed by atoms with Crippen LogP contribution in [0.5, 0.6) is 0 Å². The van der Waals surface area contributed by atoms with Crippen molar-refractivity contribution in [1.82, 2.24) is 4.57 Å². The fraction of sp³-hybridized carbons (Fsp3) is 0.0400. The molecule has 0 radical (unpaired) electrons. The second-order valence-corrected chi connectivity index (χ2v) is 14.1. The molecule has 238 valence electrons. The van der Waals surface area contributed by atoms with Crippen LogP contribution in [0.15, 0.2) is 182 Å². The molecule has 0 bridgehead atoms. The smallest absolute Gasteiger partial charge is 0.0544 e. The molecule has 0 N–H and O–H groups in total. The van der Waals surface area contributed by atoms with Crippen LogP contribution in [0.1, 0.15) is 33.7 Å². The molecule has 2 aliphatic carbocycles. The van der Waals surface area contributed by atoms with Crippen LogP contribution >= 0.6 is 0 Å². The second-order valence-electron chi connectivity index (χ2n) is 14.1. The molecule has 0 amide bonds. The molecule has 1 atom stereocenters. The van der Waals surface area contributed by atoms with E-state index in [-0.39, 0.29) is 5.92 Å². The molecule has 8 aromatic carbocycles. The number of hydrogen-bond donors (Lipinski definition) is 0. The first-order valence-electron chi connectivity index (χ1n) is 17.9. The molecule has 51 heavy (non-hydrogen) atoms. The minimum Gasteiger partial charge on any atom is -0.309 e. The first kappa shape index (κ1) is 28.4. The van der Waals surface area contributed by atoms with E-state index >= 15 is 0 Å². The van der Waals surface area contributed by atoms with Gasteiger partial charge in [-0.2, -0.15) is 0 Å². The van der Waals surface area contributed by atoms with Crippen molar-refractivity contribution >= 4 is 21.8 Å². The molecule has 0 fully saturated rings. The average Bonchev–Trinajstić information content (AvgIpc) is 3.84. The van der Waals surface area contributed by atoms with E-state index in [4.69, 9.17) is 0 Å². The largest absolute Gasteiger partial charge is 0.309 e. The number of nitrogens with zero attached hydrogens (tertiary/aromatic N) is 1. The van der Waals surface area contributed by atoms with Crippen molar-refractivity contribution in [3.63, 3.8) is 0 Å². The fourth-order valence-electron chi connectivity index (χ4n) is 8.95. The quantitative estimate of drug-likeness (QED) is 0.179. The van der Waals surface area contributed by atoms with Gasteiger partial charge in [-0.15, -0.1) is 0 Å². The molecule has 2 aliphatic rings. The maximum atomic E-state index is 2.48. The monoisotopic (exact) mass is 647 g/mol. The number of rotatable bonds is 4. The van der Waals surface area contributed by atoms with Crippen LogP contribution in [0.25, 0.3) is 72.0 Å². The number of hydrogen-bond acceptors (Lipinski definition) is 0. The Labute approximate surface area is 297 Å². The van der Waals surface area contributed by atoms with Gasteiger partial charge in [0.2, 0.25) is 0 Å². The number of fused-ring (bicyclic) bond motifs is 9. The lowest BCUT2D eigenvalue weighted by Crippen LogP contribution is -1.98. The number of benzene rings is 8. The van der Waals surface area contributed by atoms with Crippen molar-refractivity contribution in [3.05, 3.63) is 210 Å². The van der Waals surface area contributed by atoms with Gasteiger partial charge in [0.25, 0.3) is 0 Å². The van der Waals surface area contributed by atoms with Crippen molar-refractivity contribution in [2.75, 3.05) is 0 Å². The summed E-state index contributed by atoms with van der Waals surface area (Å²) in [7, 11) is 0. The predicted molar refractivity (Wildman–Crippen MR) is 213 cm³/mol. The summed E-state index contributed by atoms with van der Waals surface area (Å²) in [4.78, 5) is 0. The SMILES string of the molecule is c1ccc(-c2cccc(-n3c4ccc(-c5ccc6c(c5)-c5ccccc5C6c5ccccc5)cc4c4cc5c(cc43)Cc3ccccc3-5)c2)cc1. The first-order chi connectivity index (χ1) is 25.3. The van der Waals surface area contributed by atoms with Gasteiger partial charge < -0.3 is 4.57 Å². The molecule has 0 aliphatic heterocycles. The van der Waals surface area contributed by atoms with Crippen LogP contribution in [-0.2, 0) is 6.42 Å². The van der Waals surface area contributed by atoms with Gasteiger partial charge in [-0.05, 0) is 121 Å². The van der Waals surface area contributed by atoms with Gasteiger partial charge in [-0.25, -0.2) is 0 Å². The van der Waals surface area contributed by atoms with Crippen molar-refractivity contribution in [3.8, 4) is 50.2 Å². The Bertz CT molecular complexity index is 2820. The van der Waals surface area contributed by atoms with Gasteiger partial charge in [0, 0.05) is 22.4 Å². The van der Waals surface area contributed by atoms with E-state index in [9.17, 15) is 0 Å². The van der Waals surface area contributed by atoms with Crippen LogP contribution in [0, 0.1) is 0 Å². The Morgan fingerprint density at radius 3 is 1.92 bits per heavy atom. The molecule has 0 saturated heterocycles. The van der Waals surface area contributed by atoms with Crippen LogP contribution in [0.4, 0.5) is 0 Å². The Hall–Kier alpha value is -6.44. The van der Waals surface area contributed by atoms with Gasteiger partial charge in [0.1, 0.15) is 0 Å². The van der Waals surface area contributed by atoms with Gasteiger partial charge in [-0.1, -0.05) is 140 Å². The molecule has 1 heterocycles. The van der Waals surface area contributed by atoms with Crippen LogP contribution in [-0.4, -0.2) is 4.57 Å². The van der Waals surface area contributed by atoms with Crippen LogP contribution in [0.3, 0.4) is 0 Å². The van der Waals surface area contributed by atoms with E-state index in [2.05, 4.69) is 187 Å². The van der Waals surface area contributed by atoms with E-state index in [1.54, 1.807) is 0 Å². The predicted octanol–water partition coefficient (Wildman–Crippen LogP) is 12.8. The highest BCUT2D eigenvalue weighted by atomic mass is 15.0. The average molecular weight is 648 g/mol. The maximum Gasteiger partial charge on any atom is 0.0544 e. The van der Waals surface area contributed by atoms with Gasteiger partial charge in [0.15, 0.2) is 0 Å². The molecule has 9 aromatic rings. The third kappa shape index (κ3) is 4.35. The zero-order valence-corrected chi connectivity index (χ0v) is 28.1. The minimum absolute atomic E-state index is 0.253. The first-order valence-corrected chi connectivity index (χ1v) is 17.9. The standard InChI is InChI=1S/C50H33N/c1-3-12-32(13-4-1)34-17-11-18-39(27-34)51-48-25-23-36(29-46(48)47-31-44-38(30-49(47)51)26-37-16-7-8-19-40(37)44)35-22-24-43-45(28-35)41-20-9-10-21-42(41)50(43)33-14-5-2-6-15-33/h1-25,27-31,50H,26H2. The lowest BCUT2D eigenvalue weighted by molar-refractivity contribution is 1.02. The molecular formula is C50H33N. The molecule has 1 heteroatoms. The summed E-state index contributed by atoms with van der Waals surface area (Å²) < 4.78 is 2.48. The van der Waals surface area contributed by atoms with Crippen molar-refractivity contribution in [2.45, 2.75) is 12.3 Å². The van der Waals surface area contributed by atoms with Gasteiger partial charge >= 0.3 is 0 Å². The topological polar surface area (TPSA) is 4.93 Å². The van der Waals surface area contributed by atoms with E-state index in [1.807, 2.05) is 0 Å². The lowest BCUT2D eigenvalue weighted by Gasteiger charge is -2.14. The summed E-state index contributed by atoms with van der Waals surface area (Å²) in [6.07, 6.45) is 0.971. The molecule has 1 nitrogen and oxygen atoms in total. The third-order valence-corrected chi connectivity index (χ3v) is 11.3. The van der Waals surface area contributed by atoms with E-state index in [1.165, 1.54) is 99.8 Å². The van der Waals surface area contributed by atoms with Gasteiger partial charge in [-0.3, -0.25) is 0 Å². The molecule has 0 saturated carbocycles. The zero-order chi connectivity index (χ0) is 33.5. The highest BCUT2D eigenvalue weighted by Crippen LogP contribution is 2.49. The lowest BCUT2D eigenvalue weighted by atomic mass is 9.89. The summed E-state index contributed by atoms with van der Waals surface area (Å²) in [6.45, 7) is 0. The Balaban J connectivity index is 1.12.